The fourth-order valence-electron chi connectivity index (χ4n) is 2.27. The van der Waals surface area contributed by atoms with Crippen molar-refractivity contribution >= 4 is 29.2 Å². The Kier molecular flexibility index (Phi) is 7.32. The van der Waals surface area contributed by atoms with Crippen LogP contribution in [0.15, 0.2) is 48.5 Å². The molecule has 0 bridgehead atoms. The zero-order chi connectivity index (χ0) is 21.4. The van der Waals surface area contributed by atoms with Gasteiger partial charge in [-0.05, 0) is 62.4 Å². The minimum Gasteiger partial charge on any atom is -0.479 e. The van der Waals surface area contributed by atoms with Crippen molar-refractivity contribution in [2.75, 3.05) is 10.6 Å². The highest BCUT2D eigenvalue weighted by atomic mass is 16.6. The lowest BCUT2D eigenvalue weighted by Crippen LogP contribution is -2.35. The molecule has 2 amide bonds. The SMILES string of the molecule is CC(=O)Nc1ccc(NC(=O)[C@H](C)OC(=O)[C@@H](C)Oc2ccc(C#N)cc2)cc1. The zero-order valence-electron chi connectivity index (χ0n) is 16.3. The van der Waals surface area contributed by atoms with E-state index in [-0.39, 0.29) is 5.91 Å². The highest BCUT2D eigenvalue weighted by Crippen LogP contribution is 2.16. The Morgan fingerprint density at radius 3 is 1.97 bits per heavy atom. The quantitative estimate of drug-likeness (QED) is 0.696. The first-order valence-corrected chi connectivity index (χ1v) is 8.84. The molecule has 0 saturated carbocycles. The minimum atomic E-state index is -1.04. The molecule has 0 unspecified atom stereocenters. The molecule has 0 aromatic heterocycles. The van der Waals surface area contributed by atoms with E-state index in [0.29, 0.717) is 22.7 Å². The number of amides is 2. The summed E-state index contributed by atoms with van der Waals surface area (Å²) in [5.41, 5.74) is 1.57. The van der Waals surface area contributed by atoms with Crippen LogP contribution in [0.25, 0.3) is 0 Å². The maximum atomic E-state index is 12.2. The van der Waals surface area contributed by atoms with Gasteiger partial charge in [0.1, 0.15) is 5.75 Å². The van der Waals surface area contributed by atoms with Gasteiger partial charge in [-0.3, -0.25) is 9.59 Å². The van der Waals surface area contributed by atoms with Crippen LogP contribution in [0.5, 0.6) is 5.75 Å². The van der Waals surface area contributed by atoms with Crippen LogP contribution in [-0.4, -0.2) is 30.0 Å². The Bertz CT molecular complexity index is 917. The van der Waals surface area contributed by atoms with Crippen molar-refractivity contribution < 1.29 is 23.9 Å². The number of hydrogen-bond acceptors (Lipinski definition) is 6. The molecule has 150 valence electrons. The molecular weight excluding hydrogens is 374 g/mol. The van der Waals surface area contributed by atoms with Gasteiger partial charge in [0.2, 0.25) is 5.91 Å². The van der Waals surface area contributed by atoms with Gasteiger partial charge in [0, 0.05) is 18.3 Å². The first kappa shape index (κ1) is 21.4. The second-order valence-corrected chi connectivity index (χ2v) is 6.22. The van der Waals surface area contributed by atoms with Crippen molar-refractivity contribution in [1.29, 1.82) is 5.26 Å². The van der Waals surface area contributed by atoms with Gasteiger partial charge >= 0.3 is 5.97 Å². The monoisotopic (exact) mass is 395 g/mol. The Balaban J connectivity index is 1.86. The predicted molar refractivity (Wildman–Crippen MR) is 106 cm³/mol. The lowest BCUT2D eigenvalue weighted by molar-refractivity contribution is -0.159. The summed E-state index contributed by atoms with van der Waals surface area (Å²) in [6.45, 7) is 4.36. The summed E-state index contributed by atoms with van der Waals surface area (Å²) in [5, 5.41) is 14.0. The van der Waals surface area contributed by atoms with E-state index in [4.69, 9.17) is 14.7 Å². The molecule has 2 aromatic rings. The van der Waals surface area contributed by atoms with Crippen molar-refractivity contribution in [1.82, 2.24) is 0 Å². The molecule has 2 N–H and O–H groups in total. The molecule has 0 spiro atoms. The molecule has 2 aromatic carbocycles. The van der Waals surface area contributed by atoms with Crippen LogP contribution in [0, 0.1) is 11.3 Å². The number of carbonyl (C=O) groups is 3. The molecule has 2 rings (SSSR count). The fraction of sp³-hybridized carbons (Fsp3) is 0.238. The van der Waals surface area contributed by atoms with Crippen molar-refractivity contribution in [3.8, 4) is 11.8 Å². The third-order valence-corrected chi connectivity index (χ3v) is 3.76. The van der Waals surface area contributed by atoms with E-state index >= 15 is 0 Å². The Labute approximate surface area is 168 Å². The average molecular weight is 395 g/mol. The van der Waals surface area contributed by atoms with Crippen LogP contribution in [0.4, 0.5) is 11.4 Å². The second-order valence-electron chi connectivity index (χ2n) is 6.22. The summed E-state index contributed by atoms with van der Waals surface area (Å²) in [6.07, 6.45) is -1.97. The number of carbonyl (C=O) groups excluding carboxylic acids is 3. The van der Waals surface area contributed by atoms with Crippen LogP contribution in [-0.2, 0) is 19.1 Å². The number of nitriles is 1. The highest BCUT2D eigenvalue weighted by molar-refractivity contribution is 5.95. The molecule has 0 saturated heterocycles. The molecule has 0 radical (unpaired) electrons. The Morgan fingerprint density at radius 1 is 0.897 bits per heavy atom. The van der Waals surface area contributed by atoms with Crippen molar-refractivity contribution in [2.45, 2.75) is 33.0 Å². The number of ether oxygens (including phenoxy) is 2. The number of nitrogens with zero attached hydrogens (tertiary/aromatic N) is 1. The summed E-state index contributed by atoms with van der Waals surface area (Å²) in [7, 11) is 0. The van der Waals surface area contributed by atoms with Crippen LogP contribution < -0.4 is 15.4 Å². The van der Waals surface area contributed by atoms with Crippen LogP contribution in [0.3, 0.4) is 0 Å². The van der Waals surface area contributed by atoms with E-state index < -0.39 is 24.1 Å². The first-order valence-electron chi connectivity index (χ1n) is 8.84. The van der Waals surface area contributed by atoms with E-state index in [1.807, 2.05) is 6.07 Å². The van der Waals surface area contributed by atoms with Gasteiger partial charge in [-0.25, -0.2) is 4.79 Å². The lowest BCUT2D eigenvalue weighted by Gasteiger charge is -2.18. The lowest BCUT2D eigenvalue weighted by atomic mass is 10.2. The molecule has 0 aliphatic rings. The Morgan fingerprint density at radius 2 is 1.45 bits per heavy atom. The van der Waals surface area contributed by atoms with E-state index in [9.17, 15) is 14.4 Å². The predicted octanol–water partition coefficient (Wildman–Crippen LogP) is 2.85. The normalized spacial score (nSPS) is 12.1. The molecular formula is C21H21N3O5. The number of hydrogen-bond donors (Lipinski definition) is 2. The van der Waals surface area contributed by atoms with Gasteiger partial charge in [-0.2, -0.15) is 5.26 Å². The van der Waals surface area contributed by atoms with Gasteiger partial charge < -0.3 is 20.1 Å². The number of rotatable bonds is 7. The van der Waals surface area contributed by atoms with Crippen molar-refractivity contribution in [2.24, 2.45) is 0 Å². The molecule has 0 heterocycles. The summed E-state index contributed by atoms with van der Waals surface area (Å²) in [4.78, 5) is 35.4. The van der Waals surface area contributed by atoms with E-state index in [1.165, 1.54) is 20.8 Å². The Hall–Kier alpha value is -3.86. The number of benzene rings is 2. The molecule has 8 heteroatoms. The summed E-state index contributed by atoms with van der Waals surface area (Å²) >= 11 is 0. The largest absolute Gasteiger partial charge is 0.479 e. The smallest absolute Gasteiger partial charge is 0.347 e. The maximum Gasteiger partial charge on any atom is 0.347 e. The minimum absolute atomic E-state index is 0.195. The third-order valence-electron chi connectivity index (χ3n) is 3.76. The van der Waals surface area contributed by atoms with Crippen LogP contribution in [0.1, 0.15) is 26.3 Å². The van der Waals surface area contributed by atoms with Gasteiger partial charge in [0.05, 0.1) is 11.6 Å². The molecule has 8 nitrogen and oxygen atoms in total. The van der Waals surface area contributed by atoms with E-state index in [1.54, 1.807) is 48.5 Å². The average Bonchev–Trinajstić information content (AvgIpc) is 2.69. The highest BCUT2D eigenvalue weighted by Gasteiger charge is 2.23. The molecule has 0 aliphatic carbocycles. The molecule has 0 aliphatic heterocycles. The maximum absolute atomic E-state index is 12.2. The molecule has 0 fully saturated rings. The topological polar surface area (TPSA) is 118 Å². The third kappa shape index (κ3) is 6.66. The molecule has 2 atom stereocenters. The van der Waals surface area contributed by atoms with Crippen LogP contribution in [0.2, 0.25) is 0 Å². The number of esters is 1. The molecule has 29 heavy (non-hydrogen) atoms. The second kappa shape index (κ2) is 9.90. The van der Waals surface area contributed by atoms with E-state index in [0.717, 1.165) is 0 Å². The van der Waals surface area contributed by atoms with Crippen LogP contribution >= 0.6 is 0 Å². The standard InChI is InChI=1S/C21H21N3O5/c1-13(20(26)24-18-8-6-17(7-9-18)23-15(3)25)29-21(27)14(2)28-19-10-4-16(12-22)5-11-19/h4-11,13-14H,1-3H3,(H,23,25)(H,24,26)/t13-,14+/m0/s1. The van der Waals surface area contributed by atoms with Crippen molar-refractivity contribution in [3.05, 3.63) is 54.1 Å². The van der Waals surface area contributed by atoms with Gasteiger partial charge in [0.25, 0.3) is 5.91 Å². The van der Waals surface area contributed by atoms with Gasteiger partial charge in [0.15, 0.2) is 12.2 Å². The first-order chi connectivity index (χ1) is 13.8. The number of anilines is 2. The summed E-state index contributed by atoms with van der Waals surface area (Å²) in [5.74, 6) is -0.987. The van der Waals surface area contributed by atoms with Gasteiger partial charge in [-0.1, -0.05) is 0 Å². The van der Waals surface area contributed by atoms with E-state index in [2.05, 4.69) is 10.6 Å². The zero-order valence-corrected chi connectivity index (χ0v) is 16.3. The van der Waals surface area contributed by atoms with Crippen molar-refractivity contribution in [3.63, 3.8) is 0 Å². The van der Waals surface area contributed by atoms with Gasteiger partial charge in [-0.15, -0.1) is 0 Å². The summed E-state index contributed by atoms with van der Waals surface area (Å²) in [6, 6.07) is 14.8. The fourth-order valence-corrected chi connectivity index (χ4v) is 2.27. The summed E-state index contributed by atoms with van der Waals surface area (Å²) < 4.78 is 10.6. The number of nitrogens with one attached hydrogen (secondary N) is 2.